The summed E-state index contributed by atoms with van der Waals surface area (Å²) in [7, 11) is 3.20. The number of ether oxygens (including phenoxy) is 2. The number of methoxy groups -OCH3 is 2. The van der Waals surface area contributed by atoms with Crippen molar-refractivity contribution >= 4 is 28.7 Å². The zero-order valence-electron chi connectivity index (χ0n) is 12.1. The molecular weight excluding hydrogens is 306 g/mol. The van der Waals surface area contributed by atoms with Gasteiger partial charge in [0.25, 0.3) is 0 Å². The van der Waals surface area contributed by atoms with Gasteiger partial charge < -0.3 is 19.8 Å². The maximum Gasteiger partial charge on any atom is 0.223 e. The van der Waals surface area contributed by atoms with E-state index in [1.807, 2.05) is 22.8 Å². The van der Waals surface area contributed by atoms with E-state index in [9.17, 15) is 0 Å². The molecule has 22 heavy (non-hydrogen) atoms. The van der Waals surface area contributed by atoms with Crippen LogP contribution in [-0.2, 0) is 6.54 Å². The number of anilines is 1. The molecule has 0 spiro atoms. The smallest absolute Gasteiger partial charge is 0.223 e. The normalized spacial score (nSPS) is 10.9. The van der Waals surface area contributed by atoms with Crippen molar-refractivity contribution in [3.63, 3.8) is 0 Å². The molecule has 0 atom stereocenters. The molecule has 3 rings (SSSR count). The van der Waals surface area contributed by atoms with E-state index in [4.69, 9.17) is 26.8 Å². The van der Waals surface area contributed by atoms with Gasteiger partial charge in [0.05, 0.1) is 27.1 Å². The number of imidazole rings is 1. The highest BCUT2D eigenvalue weighted by Crippen LogP contribution is 2.28. The molecule has 114 valence electrons. The molecule has 2 heterocycles. The molecule has 0 bridgehead atoms. The van der Waals surface area contributed by atoms with Crippen LogP contribution >= 0.6 is 11.6 Å². The first-order valence-corrected chi connectivity index (χ1v) is 6.85. The highest BCUT2D eigenvalue weighted by Gasteiger charge is 2.12. The molecule has 7 nitrogen and oxygen atoms in total. The van der Waals surface area contributed by atoms with E-state index in [-0.39, 0.29) is 11.1 Å². The lowest BCUT2D eigenvalue weighted by molar-refractivity contribution is 0.354. The summed E-state index contributed by atoms with van der Waals surface area (Å²) in [5, 5.41) is 0.244. The van der Waals surface area contributed by atoms with Gasteiger partial charge >= 0.3 is 0 Å². The Balaban J connectivity index is 2.00. The highest BCUT2D eigenvalue weighted by atomic mass is 35.5. The summed E-state index contributed by atoms with van der Waals surface area (Å²) >= 11 is 6.02. The Labute approximate surface area is 131 Å². The second kappa shape index (κ2) is 5.69. The minimum Gasteiger partial charge on any atom is -0.493 e. The summed E-state index contributed by atoms with van der Waals surface area (Å²) in [6.07, 6.45) is 1.65. The predicted octanol–water partition coefficient (Wildman–Crippen LogP) is 2.13. The first kappa shape index (κ1) is 14.4. The summed E-state index contributed by atoms with van der Waals surface area (Å²) in [6, 6.07) is 5.69. The third-order valence-corrected chi connectivity index (χ3v) is 3.50. The average molecular weight is 320 g/mol. The van der Waals surface area contributed by atoms with Gasteiger partial charge in [-0.15, -0.1) is 0 Å². The molecule has 0 amide bonds. The fourth-order valence-electron chi connectivity index (χ4n) is 2.22. The van der Waals surface area contributed by atoms with Crippen LogP contribution in [0.25, 0.3) is 11.2 Å². The number of nitrogens with zero attached hydrogens (tertiary/aromatic N) is 4. The van der Waals surface area contributed by atoms with Gasteiger partial charge in [-0.1, -0.05) is 17.7 Å². The summed E-state index contributed by atoms with van der Waals surface area (Å²) in [4.78, 5) is 12.3. The molecule has 0 saturated carbocycles. The van der Waals surface area contributed by atoms with Gasteiger partial charge in [0, 0.05) is 0 Å². The second-order valence-corrected chi connectivity index (χ2v) is 4.96. The molecule has 0 fully saturated rings. The number of hydrogen-bond donors (Lipinski definition) is 1. The number of rotatable bonds is 4. The number of nitrogen functional groups attached to an aromatic ring is 1. The molecule has 1 aromatic carbocycles. The quantitative estimate of drug-likeness (QED) is 0.741. The summed E-state index contributed by atoms with van der Waals surface area (Å²) in [5.74, 6) is 1.46. The first-order valence-electron chi connectivity index (χ1n) is 6.47. The van der Waals surface area contributed by atoms with Gasteiger partial charge in [-0.05, 0) is 17.7 Å². The topological polar surface area (TPSA) is 88.1 Å². The van der Waals surface area contributed by atoms with Crippen LogP contribution in [0.4, 0.5) is 5.95 Å². The molecular formula is C14H14ClN5O2. The number of benzene rings is 1. The van der Waals surface area contributed by atoms with Gasteiger partial charge in [-0.2, -0.15) is 9.97 Å². The molecule has 2 N–H and O–H groups in total. The standard InChI is InChI=1S/C14H14ClN5O2/c1-21-9-4-3-8(5-10(9)22-2)6-20-7-17-11-12(15)18-14(16)19-13(11)20/h3-5,7H,6H2,1-2H3,(H2,16,18,19). The van der Waals surface area contributed by atoms with Crippen LogP contribution in [0.5, 0.6) is 11.5 Å². The zero-order chi connectivity index (χ0) is 15.7. The van der Waals surface area contributed by atoms with E-state index >= 15 is 0 Å². The number of nitrogens with two attached hydrogens (primary N) is 1. The summed E-state index contributed by atoms with van der Waals surface area (Å²) in [6.45, 7) is 0.545. The third kappa shape index (κ3) is 2.50. The SMILES string of the molecule is COc1ccc(Cn2cnc3c(Cl)nc(N)nc32)cc1OC. The Kier molecular flexibility index (Phi) is 3.72. The zero-order valence-corrected chi connectivity index (χ0v) is 12.8. The maximum absolute atomic E-state index is 6.02. The van der Waals surface area contributed by atoms with E-state index in [0.717, 1.165) is 5.56 Å². The van der Waals surface area contributed by atoms with Gasteiger partial charge in [-0.25, -0.2) is 4.98 Å². The molecule has 0 radical (unpaired) electrons. The third-order valence-electron chi connectivity index (χ3n) is 3.24. The number of halogens is 1. The molecule has 0 unspecified atom stereocenters. The minimum absolute atomic E-state index is 0.117. The Morgan fingerprint density at radius 2 is 1.95 bits per heavy atom. The van der Waals surface area contributed by atoms with Crippen molar-refractivity contribution in [3.8, 4) is 11.5 Å². The Hall–Kier alpha value is -2.54. The molecule has 2 aromatic heterocycles. The monoisotopic (exact) mass is 319 g/mol. The van der Waals surface area contributed by atoms with Gasteiger partial charge in [0.2, 0.25) is 5.95 Å². The number of fused-ring (bicyclic) bond motifs is 1. The van der Waals surface area contributed by atoms with E-state index < -0.39 is 0 Å². The van der Waals surface area contributed by atoms with Crippen molar-refractivity contribution in [2.75, 3.05) is 20.0 Å². The molecule has 0 aliphatic carbocycles. The maximum atomic E-state index is 6.02. The fourth-order valence-corrected chi connectivity index (χ4v) is 2.44. The largest absolute Gasteiger partial charge is 0.493 e. The molecule has 8 heteroatoms. The Morgan fingerprint density at radius 1 is 1.18 bits per heavy atom. The number of aromatic nitrogens is 4. The Bertz CT molecular complexity index is 833. The summed E-state index contributed by atoms with van der Waals surface area (Å²) < 4.78 is 12.4. The van der Waals surface area contributed by atoms with Crippen molar-refractivity contribution in [1.82, 2.24) is 19.5 Å². The van der Waals surface area contributed by atoms with Crippen molar-refractivity contribution in [2.24, 2.45) is 0 Å². The van der Waals surface area contributed by atoms with E-state index in [1.165, 1.54) is 0 Å². The average Bonchev–Trinajstić information content (AvgIpc) is 2.90. The van der Waals surface area contributed by atoms with Crippen molar-refractivity contribution < 1.29 is 9.47 Å². The first-order chi connectivity index (χ1) is 10.6. The van der Waals surface area contributed by atoms with Crippen LogP contribution in [0.3, 0.4) is 0 Å². The van der Waals surface area contributed by atoms with E-state index in [2.05, 4.69) is 15.0 Å². The molecule has 0 aliphatic heterocycles. The van der Waals surface area contributed by atoms with Crippen LogP contribution in [-0.4, -0.2) is 33.7 Å². The van der Waals surface area contributed by atoms with Gasteiger partial charge in [-0.3, -0.25) is 0 Å². The van der Waals surface area contributed by atoms with Crippen LogP contribution < -0.4 is 15.2 Å². The summed E-state index contributed by atoms with van der Waals surface area (Å²) in [5.41, 5.74) is 7.76. The van der Waals surface area contributed by atoms with Crippen molar-refractivity contribution in [1.29, 1.82) is 0 Å². The van der Waals surface area contributed by atoms with Crippen molar-refractivity contribution in [3.05, 3.63) is 35.2 Å². The van der Waals surface area contributed by atoms with Gasteiger partial charge in [0.15, 0.2) is 22.3 Å². The van der Waals surface area contributed by atoms with Crippen LogP contribution in [0, 0.1) is 0 Å². The Morgan fingerprint density at radius 3 is 2.68 bits per heavy atom. The number of hydrogen-bond acceptors (Lipinski definition) is 6. The lowest BCUT2D eigenvalue weighted by Crippen LogP contribution is -2.03. The van der Waals surface area contributed by atoms with Crippen LogP contribution in [0.1, 0.15) is 5.56 Å². The molecule has 0 saturated heterocycles. The fraction of sp³-hybridized carbons (Fsp3) is 0.214. The predicted molar refractivity (Wildman–Crippen MR) is 83.4 cm³/mol. The second-order valence-electron chi connectivity index (χ2n) is 4.61. The molecule has 3 aromatic rings. The van der Waals surface area contributed by atoms with Crippen LogP contribution in [0.15, 0.2) is 24.5 Å². The lowest BCUT2D eigenvalue weighted by atomic mass is 10.2. The van der Waals surface area contributed by atoms with Gasteiger partial charge in [0.1, 0.15) is 5.52 Å². The molecule has 0 aliphatic rings. The minimum atomic E-state index is 0.117. The highest BCUT2D eigenvalue weighted by molar-refractivity contribution is 6.33. The van der Waals surface area contributed by atoms with E-state index in [0.29, 0.717) is 29.2 Å². The van der Waals surface area contributed by atoms with E-state index in [1.54, 1.807) is 20.5 Å². The lowest BCUT2D eigenvalue weighted by Gasteiger charge is -2.10. The van der Waals surface area contributed by atoms with Crippen molar-refractivity contribution in [2.45, 2.75) is 6.54 Å². The van der Waals surface area contributed by atoms with Crippen LogP contribution in [0.2, 0.25) is 5.15 Å².